The number of alkyl carbamates (subject to hydrolysis) is 1. The largest absolute Gasteiger partial charge is 0.444 e. The molecule has 4 nitrogen and oxygen atoms in total. The van der Waals surface area contributed by atoms with Crippen molar-refractivity contribution in [1.29, 1.82) is 0 Å². The van der Waals surface area contributed by atoms with E-state index >= 15 is 0 Å². The highest BCUT2D eigenvalue weighted by molar-refractivity contribution is 5.70. The highest BCUT2D eigenvalue weighted by atomic mass is 16.6. The second kappa shape index (κ2) is 7.43. The summed E-state index contributed by atoms with van der Waals surface area (Å²) in [5.74, 6) is -0.200. The average Bonchev–Trinajstić information content (AvgIpc) is 2.36. The second-order valence-electron chi connectivity index (χ2n) is 6.99. The first-order chi connectivity index (χ1) is 10.1. The first-order valence-corrected chi connectivity index (χ1v) is 7.65. The van der Waals surface area contributed by atoms with Crippen LogP contribution in [0.1, 0.15) is 51.8 Å². The predicted molar refractivity (Wildman–Crippen MR) is 87.7 cm³/mol. The van der Waals surface area contributed by atoms with Crippen LogP contribution in [0.25, 0.3) is 0 Å². The van der Waals surface area contributed by atoms with Gasteiger partial charge in [0.2, 0.25) is 0 Å². The lowest BCUT2D eigenvalue weighted by Crippen LogP contribution is -2.39. The third-order valence-electron chi connectivity index (χ3n) is 3.42. The average molecular weight is 305 g/mol. The van der Waals surface area contributed by atoms with Crippen LogP contribution in [0.2, 0.25) is 0 Å². The second-order valence-corrected chi connectivity index (χ2v) is 6.99. The first kappa shape index (κ1) is 18.2. The summed E-state index contributed by atoms with van der Waals surface area (Å²) in [6.07, 6.45) is 0.401. The van der Waals surface area contributed by atoms with Crippen LogP contribution in [0, 0.1) is 18.8 Å². The fraction of sp³-hybridized carbons (Fsp3) is 0.556. The molecule has 1 aromatic carbocycles. The molecule has 0 unspecified atom stereocenters. The maximum Gasteiger partial charge on any atom is 0.408 e. The molecule has 1 N–H and O–H groups in total. The zero-order chi connectivity index (χ0) is 16.9. The number of rotatable bonds is 5. The molecule has 0 aliphatic rings. The van der Waals surface area contributed by atoms with Gasteiger partial charge in [-0.05, 0) is 39.2 Å². The van der Waals surface area contributed by atoms with Crippen LogP contribution in [0.4, 0.5) is 4.79 Å². The lowest BCUT2D eigenvalue weighted by molar-refractivity contribution is -0.113. The van der Waals surface area contributed by atoms with E-state index < -0.39 is 17.7 Å². The SMILES string of the molecule is Cc1ccc([C@@H](NC(=O)OC(C)(C)C)[C@H](C=O)C(C)C)cc1. The number of aldehydes is 1. The molecule has 4 heteroatoms. The minimum Gasteiger partial charge on any atom is -0.444 e. The lowest BCUT2D eigenvalue weighted by atomic mass is 9.85. The quantitative estimate of drug-likeness (QED) is 0.836. The van der Waals surface area contributed by atoms with Crippen LogP contribution < -0.4 is 5.32 Å². The van der Waals surface area contributed by atoms with Gasteiger partial charge in [0.05, 0.1) is 6.04 Å². The fourth-order valence-corrected chi connectivity index (χ4v) is 2.23. The molecule has 1 rings (SSSR count). The Kier molecular flexibility index (Phi) is 6.15. The molecule has 22 heavy (non-hydrogen) atoms. The number of ether oxygens (including phenoxy) is 1. The summed E-state index contributed by atoms with van der Waals surface area (Å²) in [7, 11) is 0. The third-order valence-corrected chi connectivity index (χ3v) is 3.42. The van der Waals surface area contributed by atoms with E-state index in [0.29, 0.717) is 0 Å². The molecule has 1 amide bonds. The van der Waals surface area contributed by atoms with E-state index in [2.05, 4.69) is 5.32 Å². The van der Waals surface area contributed by atoms with E-state index in [-0.39, 0.29) is 11.8 Å². The van der Waals surface area contributed by atoms with Gasteiger partial charge in [-0.1, -0.05) is 43.7 Å². The lowest BCUT2D eigenvalue weighted by Gasteiger charge is -2.29. The van der Waals surface area contributed by atoms with Crippen molar-refractivity contribution >= 4 is 12.4 Å². The summed E-state index contributed by atoms with van der Waals surface area (Å²) < 4.78 is 5.32. The molecule has 0 aliphatic carbocycles. The Morgan fingerprint density at radius 1 is 1.18 bits per heavy atom. The van der Waals surface area contributed by atoms with E-state index in [1.807, 2.05) is 65.8 Å². The molecular formula is C18H27NO3. The summed E-state index contributed by atoms with van der Waals surface area (Å²) in [6, 6.07) is 7.43. The molecular weight excluding hydrogens is 278 g/mol. The number of nitrogens with one attached hydrogen (secondary N) is 1. The van der Waals surface area contributed by atoms with E-state index in [4.69, 9.17) is 4.74 Å². The molecule has 0 radical (unpaired) electrons. The minimum absolute atomic E-state index is 0.110. The molecule has 0 aromatic heterocycles. The van der Waals surface area contributed by atoms with Gasteiger partial charge in [0.1, 0.15) is 11.9 Å². The highest BCUT2D eigenvalue weighted by Gasteiger charge is 2.29. The van der Waals surface area contributed by atoms with Gasteiger partial charge >= 0.3 is 6.09 Å². The molecule has 0 saturated heterocycles. The molecule has 0 fully saturated rings. The van der Waals surface area contributed by atoms with E-state index in [0.717, 1.165) is 17.4 Å². The van der Waals surface area contributed by atoms with Crippen molar-refractivity contribution < 1.29 is 14.3 Å². The Labute approximate surface area is 133 Å². The van der Waals surface area contributed by atoms with Gasteiger partial charge in [0.25, 0.3) is 0 Å². The van der Waals surface area contributed by atoms with Crippen LogP contribution in [0.3, 0.4) is 0 Å². The number of amides is 1. The first-order valence-electron chi connectivity index (χ1n) is 7.65. The number of carbonyl (C=O) groups excluding carboxylic acids is 2. The van der Waals surface area contributed by atoms with Crippen molar-refractivity contribution in [3.63, 3.8) is 0 Å². The summed E-state index contributed by atoms with van der Waals surface area (Å²) in [5, 5.41) is 2.85. The van der Waals surface area contributed by atoms with Crippen LogP contribution in [-0.4, -0.2) is 18.0 Å². The number of carbonyl (C=O) groups is 2. The molecule has 0 saturated carbocycles. The van der Waals surface area contributed by atoms with Crippen molar-refractivity contribution in [3.05, 3.63) is 35.4 Å². The van der Waals surface area contributed by atoms with Crippen LogP contribution in [-0.2, 0) is 9.53 Å². The molecule has 1 aromatic rings. The van der Waals surface area contributed by atoms with Crippen LogP contribution in [0.15, 0.2) is 24.3 Å². The van der Waals surface area contributed by atoms with Gasteiger partial charge in [0.15, 0.2) is 0 Å². The molecule has 0 bridgehead atoms. The minimum atomic E-state index is -0.573. The van der Waals surface area contributed by atoms with Crippen molar-refractivity contribution in [1.82, 2.24) is 5.32 Å². The third kappa shape index (κ3) is 5.51. The Morgan fingerprint density at radius 2 is 1.73 bits per heavy atom. The standard InChI is InChI=1S/C18H27NO3/c1-12(2)15(11-20)16(14-9-7-13(3)8-10-14)19-17(21)22-18(4,5)6/h7-12,15-16H,1-6H3,(H,19,21)/t15-,16-/m1/s1. The van der Waals surface area contributed by atoms with Crippen molar-refractivity contribution in [2.24, 2.45) is 11.8 Å². The Hall–Kier alpha value is -1.84. The normalized spacial score (nSPS) is 14.3. The van der Waals surface area contributed by atoms with Gasteiger partial charge in [-0.25, -0.2) is 4.79 Å². The van der Waals surface area contributed by atoms with Crippen LogP contribution >= 0.6 is 0 Å². The van der Waals surface area contributed by atoms with Crippen molar-refractivity contribution in [2.75, 3.05) is 0 Å². The topological polar surface area (TPSA) is 55.4 Å². The molecule has 122 valence electrons. The smallest absolute Gasteiger partial charge is 0.408 e. The number of benzene rings is 1. The van der Waals surface area contributed by atoms with Crippen molar-refractivity contribution in [2.45, 2.75) is 53.2 Å². The summed E-state index contributed by atoms with van der Waals surface area (Å²) in [4.78, 5) is 23.6. The Morgan fingerprint density at radius 3 is 2.14 bits per heavy atom. The van der Waals surface area contributed by atoms with Gasteiger partial charge in [-0.15, -0.1) is 0 Å². The van der Waals surface area contributed by atoms with Gasteiger partial charge < -0.3 is 14.8 Å². The molecule has 0 aliphatic heterocycles. The molecule has 0 heterocycles. The maximum atomic E-state index is 12.1. The summed E-state index contributed by atoms with van der Waals surface area (Å²) >= 11 is 0. The number of hydrogen-bond acceptors (Lipinski definition) is 3. The Balaban J connectivity index is 3.03. The van der Waals surface area contributed by atoms with Crippen molar-refractivity contribution in [3.8, 4) is 0 Å². The summed E-state index contributed by atoms with van der Waals surface area (Å²) in [6.45, 7) is 11.4. The highest BCUT2D eigenvalue weighted by Crippen LogP contribution is 2.27. The number of hydrogen-bond donors (Lipinski definition) is 1. The molecule has 2 atom stereocenters. The maximum absolute atomic E-state index is 12.1. The van der Waals surface area contributed by atoms with Gasteiger partial charge in [-0.3, -0.25) is 0 Å². The zero-order valence-corrected chi connectivity index (χ0v) is 14.3. The number of aryl methyl sites for hydroxylation is 1. The molecule has 0 spiro atoms. The van der Waals surface area contributed by atoms with E-state index in [1.165, 1.54) is 0 Å². The van der Waals surface area contributed by atoms with Crippen LogP contribution in [0.5, 0.6) is 0 Å². The van der Waals surface area contributed by atoms with E-state index in [9.17, 15) is 9.59 Å². The van der Waals surface area contributed by atoms with E-state index in [1.54, 1.807) is 0 Å². The zero-order valence-electron chi connectivity index (χ0n) is 14.3. The van der Waals surface area contributed by atoms with Gasteiger partial charge in [0, 0.05) is 5.92 Å². The Bertz CT molecular complexity index is 500. The monoisotopic (exact) mass is 305 g/mol. The summed E-state index contributed by atoms with van der Waals surface area (Å²) in [5.41, 5.74) is 1.46. The fourth-order valence-electron chi connectivity index (χ4n) is 2.23. The van der Waals surface area contributed by atoms with Gasteiger partial charge in [-0.2, -0.15) is 0 Å². The predicted octanol–water partition coefficient (Wildman–Crippen LogP) is 4.03.